The van der Waals surface area contributed by atoms with Crippen LogP contribution in [0.2, 0.25) is 0 Å². The summed E-state index contributed by atoms with van der Waals surface area (Å²) in [5.74, 6) is -0.876. The molecule has 0 N–H and O–H groups in total. The molecule has 0 aliphatic rings. The van der Waals surface area contributed by atoms with Gasteiger partial charge < -0.3 is 14.2 Å². The zero-order chi connectivity index (χ0) is 52.2. The third-order valence-electron chi connectivity index (χ3n) is 13.8. The van der Waals surface area contributed by atoms with Gasteiger partial charge in [-0.05, 0) is 64.2 Å². The lowest BCUT2D eigenvalue weighted by Crippen LogP contribution is -2.30. The highest BCUT2D eigenvalue weighted by Crippen LogP contribution is 2.17. The summed E-state index contributed by atoms with van der Waals surface area (Å²) < 4.78 is 16.9. The lowest BCUT2D eigenvalue weighted by Gasteiger charge is -2.18. The Morgan fingerprint density at radius 3 is 0.847 bits per heavy atom. The van der Waals surface area contributed by atoms with E-state index in [2.05, 4.69) is 81.5 Å². The van der Waals surface area contributed by atoms with Gasteiger partial charge in [0.1, 0.15) is 13.2 Å². The fourth-order valence-corrected chi connectivity index (χ4v) is 9.12. The maximum Gasteiger partial charge on any atom is 0.306 e. The number of hydrogen-bond acceptors (Lipinski definition) is 6. The Morgan fingerprint density at radius 1 is 0.292 bits per heavy atom. The molecule has 0 amide bonds. The average Bonchev–Trinajstić information content (AvgIpc) is 3.38. The van der Waals surface area contributed by atoms with Crippen LogP contribution in [0.5, 0.6) is 0 Å². The summed E-state index contributed by atoms with van der Waals surface area (Å²) in [5, 5.41) is 0. The molecule has 0 saturated heterocycles. The first kappa shape index (κ1) is 69.1. The van der Waals surface area contributed by atoms with Gasteiger partial charge in [-0.3, -0.25) is 14.4 Å². The largest absolute Gasteiger partial charge is 0.462 e. The number of rotatable bonds is 57. The van der Waals surface area contributed by atoms with Crippen molar-refractivity contribution in [1.29, 1.82) is 0 Å². The monoisotopic (exact) mass is 1010 g/mol. The molecule has 6 nitrogen and oxygen atoms in total. The van der Waals surface area contributed by atoms with Crippen molar-refractivity contribution < 1.29 is 28.6 Å². The molecule has 0 aromatic heterocycles. The van der Waals surface area contributed by atoms with Gasteiger partial charge in [-0.15, -0.1) is 0 Å². The molecular formula is C66H118O6. The zero-order valence-electron chi connectivity index (χ0n) is 47.9. The van der Waals surface area contributed by atoms with Gasteiger partial charge in [0, 0.05) is 19.3 Å². The maximum absolute atomic E-state index is 12.9. The summed E-state index contributed by atoms with van der Waals surface area (Å²) in [7, 11) is 0. The maximum atomic E-state index is 12.9. The third-order valence-corrected chi connectivity index (χ3v) is 13.8. The number of carbonyl (C=O) groups excluding carboxylic acids is 3. The van der Waals surface area contributed by atoms with Crippen molar-refractivity contribution in [2.45, 2.75) is 329 Å². The first-order chi connectivity index (χ1) is 35.5. The number of allylic oxidation sites excluding steroid dienone is 10. The lowest BCUT2D eigenvalue weighted by atomic mass is 10.0. The van der Waals surface area contributed by atoms with Gasteiger partial charge in [0.05, 0.1) is 0 Å². The number of unbranched alkanes of at least 4 members (excludes halogenated alkanes) is 36. The zero-order valence-corrected chi connectivity index (χ0v) is 47.9. The van der Waals surface area contributed by atoms with Gasteiger partial charge in [-0.2, -0.15) is 0 Å². The van der Waals surface area contributed by atoms with E-state index >= 15 is 0 Å². The second kappa shape index (κ2) is 60.7. The molecule has 0 aliphatic carbocycles. The minimum Gasteiger partial charge on any atom is -0.462 e. The van der Waals surface area contributed by atoms with Gasteiger partial charge in [0.25, 0.3) is 0 Å². The van der Waals surface area contributed by atoms with E-state index < -0.39 is 6.10 Å². The standard InChI is InChI=1S/C66H118O6/c1-4-7-10-13-16-19-22-25-27-29-31-33-35-36-38-41-44-47-50-53-56-59-65(68)71-62-63(61-70-64(67)58-55-52-49-46-43-40-24-21-18-15-12-9-6-3)72-66(69)60-57-54-51-48-45-42-39-37-34-32-30-28-26-23-20-17-14-11-8-5-2/h7,10,16,19,25,27,31,33,36,38,63H,4-6,8-9,11-15,17-18,20-24,26,28-30,32,34-35,37,39-62H2,1-3H3/b10-7-,19-16-,27-25-,33-31-,38-36-. The summed E-state index contributed by atoms with van der Waals surface area (Å²) >= 11 is 0. The van der Waals surface area contributed by atoms with E-state index in [1.807, 2.05) is 0 Å². The molecule has 0 aliphatic heterocycles. The smallest absolute Gasteiger partial charge is 0.306 e. The van der Waals surface area contributed by atoms with Crippen LogP contribution < -0.4 is 0 Å². The third kappa shape index (κ3) is 58.0. The van der Waals surface area contributed by atoms with Crippen molar-refractivity contribution in [2.75, 3.05) is 13.2 Å². The van der Waals surface area contributed by atoms with Crippen molar-refractivity contribution in [3.63, 3.8) is 0 Å². The van der Waals surface area contributed by atoms with Crippen LogP contribution in [0.15, 0.2) is 60.8 Å². The fraction of sp³-hybridized carbons (Fsp3) is 0.803. The van der Waals surface area contributed by atoms with Crippen LogP contribution in [0.25, 0.3) is 0 Å². The normalized spacial score (nSPS) is 12.4. The predicted molar refractivity (Wildman–Crippen MR) is 312 cm³/mol. The summed E-state index contributed by atoms with van der Waals surface area (Å²) in [5.41, 5.74) is 0. The molecule has 418 valence electrons. The minimum absolute atomic E-state index is 0.0760. The second-order valence-corrected chi connectivity index (χ2v) is 21.0. The summed E-state index contributed by atoms with van der Waals surface area (Å²) in [6.45, 7) is 6.56. The summed E-state index contributed by atoms with van der Waals surface area (Å²) in [6.07, 6.45) is 76.5. The fourth-order valence-electron chi connectivity index (χ4n) is 9.12. The Bertz CT molecular complexity index is 1290. The van der Waals surface area contributed by atoms with Gasteiger partial charge >= 0.3 is 17.9 Å². The summed E-state index contributed by atoms with van der Waals surface area (Å²) in [6, 6.07) is 0. The van der Waals surface area contributed by atoms with E-state index in [1.165, 1.54) is 173 Å². The molecule has 0 aromatic carbocycles. The molecule has 6 heteroatoms. The molecule has 0 fully saturated rings. The molecule has 1 atom stereocenters. The highest BCUT2D eigenvalue weighted by Gasteiger charge is 2.19. The number of ether oxygens (including phenoxy) is 3. The van der Waals surface area contributed by atoms with Crippen molar-refractivity contribution in [2.24, 2.45) is 0 Å². The van der Waals surface area contributed by atoms with E-state index in [4.69, 9.17) is 14.2 Å². The Hall–Kier alpha value is -2.89. The second-order valence-electron chi connectivity index (χ2n) is 21.0. The molecule has 0 radical (unpaired) electrons. The molecule has 0 heterocycles. The molecule has 0 rings (SSSR count). The van der Waals surface area contributed by atoms with Crippen LogP contribution in [0.1, 0.15) is 323 Å². The molecule has 0 aromatic rings. The molecular weight excluding hydrogens is 889 g/mol. The van der Waals surface area contributed by atoms with Crippen molar-refractivity contribution in [1.82, 2.24) is 0 Å². The van der Waals surface area contributed by atoms with Crippen molar-refractivity contribution in [3.8, 4) is 0 Å². The first-order valence-corrected chi connectivity index (χ1v) is 31.3. The van der Waals surface area contributed by atoms with E-state index in [9.17, 15) is 14.4 Å². The van der Waals surface area contributed by atoms with Gasteiger partial charge in [-0.1, -0.05) is 300 Å². The number of esters is 3. The minimum atomic E-state index is -0.780. The van der Waals surface area contributed by atoms with E-state index in [0.29, 0.717) is 19.3 Å². The summed E-state index contributed by atoms with van der Waals surface area (Å²) in [4.78, 5) is 38.3. The van der Waals surface area contributed by atoms with Gasteiger partial charge in [0.15, 0.2) is 6.10 Å². The highest BCUT2D eigenvalue weighted by molar-refractivity contribution is 5.71. The van der Waals surface area contributed by atoms with Crippen LogP contribution >= 0.6 is 0 Å². The van der Waals surface area contributed by atoms with Crippen LogP contribution in [0.4, 0.5) is 0 Å². The topological polar surface area (TPSA) is 78.9 Å². The van der Waals surface area contributed by atoms with Crippen molar-refractivity contribution in [3.05, 3.63) is 60.8 Å². The lowest BCUT2D eigenvalue weighted by molar-refractivity contribution is -0.167. The number of carbonyl (C=O) groups is 3. The van der Waals surface area contributed by atoms with Crippen LogP contribution in [-0.2, 0) is 28.6 Å². The van der Waals surface area contributed by atoms with Crippen LogP contribution in [-0.4, -0.2) is 37.2 Å². The van der Waals surface area contributed by atoms with E-state index in [1.54, 1.807) is 0 Å². The molecule has 0 saturated carbocycles. The van der Waals surface area contributed by atoms with Crippen LogP contribution in [0.3, 0.4) is 0 Å². The molecule has 72 heavy (non-hydrogen) atoms. The molecule has 0 spiro atoms. The van der Waals surface area contributed by atoms with Gasteiger partial charge in [0.2, 0.25) is 0 Å². The van der Waals surface area contributed by atoms with E-state index in [-0.39, 0.29) is 31.1 Å². The first-order valence-electron chi connectivity index (χ1n) is 31.3. The average molecular weight is 1010 g/mol. The predicted octanol–water partition coefficient (Wildman–Crippen LogP) is 21.2. The van der Waals surface area contributed by atoms with Crippen LogP contribution in [0, 0.1) is 0 Å². The Balaban J connectivity index is 4.35. The number of hydrogen-bond donors (Lipinski definition) is 0. The van der Waals surface area contributed by atoms with Crippen molar-refractivity contribution >= 4 is 17.9 Å². The Kier molecular flexibility index (Phi) is 58.2. The SMILES string of the molecule is CC/C=C\C/C=C\C/C=C\C/C=C\C/C=C\CCCCCCCC(=O)OCC(COC(=O)CCCCCCCCCCCCCCC)OC(=O)CCCCCCCCCCCCCCCCCCCCCC. The Labute approximate surface area is 447 Å². The Morgan fingerprint density at radius 2 is 0.542 bits per heavy atom. The van der Waals surface area contributed by atoms with Gasteiger partial charge in [-0.25, -0.2) is 0 Å². The quantitative estimate of drug-likeness (QED) is 0.0261. The van der Waals surface area contributed by atoms with E-state index in [0.717, 1.165) is 109 Å². The molecule has 1 unspecified atom stereocenters. The highest BCUT2D eigenvalue weighted by atomic mass is 16.6. The molecule has 0 bridgehead atoms.